The van der Waals surface area contributed by atoms with Crippen LogP contribution in [0.4, 0.5) is 5.00 Å². The van der Waals surface area contributed by atoms with E-state index in [2.05, 4.69) is 5.32 Å². The lowest BCUT2D eigenvalue weighted by molar-refractivity contribution is -0.117. The monoisotopic (exact) mass is 372 g/mol. The molecule has 2 aromatic rings. The van der Waals surface area contributed by atoms with Crippen LogP contribution in [0.2, 0.25) is 0 Å². The summed E-state index contributed by atoms with van der Waals surface area (Å²) in [6.07, 6.45) is 2.19. The van der Waals surface area contributed by atoms with Gasteiger partial charge in [-0.25, -0.2) is 4.79 Å². The number of benzene rings is 1. The van der Waals surface area contributed by atoms with Crippen LogP contribution in [0.5, 0.6) is 0 Å². The minimum absolute atomic E-state index is 0.127. The number of nitrogens with one attached hydrogen (secondary N) is 1. The summed E-state index contributed by atoms with van der Waals surface area (Å²) in [5.74, 6) is -0.0428. The van der Waals surface area contributed by atoms with E-state index >= 15 is 0 Å². The Labute approximate surface area is 158 Å². The SMILES string of the molecule is CCOC(=O)c1c(C2CC2)csc1NC(=O)CN(C)Cc1ccccc1. The first-order chi connectivity index (χ1) is 12.6. The summed E-state index contributed by atoms with van der Waals surface area (Å²) in [4.78, 5) is 26.7. The van der Waals surface area contributed by atoms with Gasteiger partial charge in [0.05, 0.1) is 18.7 Å². The number of hydrogen-bond donors (Lipinski definition) is 1. The Morgan fingerprint density at radius 3 is 2.65 bits per heavy atom. The zero-order chi connectivity index (χ0) is 18.5. The number of ether oxygens (including phenoxy) is 1. The van der Waals surface area contributed by atoms with E-state index in [4.69, 9.17) is 4.74 Å². The zero-order valence-electron chi connectivity index (χ0n) is 15.2. The molecule has 1 fully saturated rings. The van der Waals surface area contributed by atoms with Crippen molar-refractivity contribution in [2.24, 2.45) is 0 Å². The van der Waals surface area contributed by atoms with Crippen LogP contribution in [0.25, 0.3) is 0 Å². The number of amides is 1. The molecule has 6 heteroatoms. The van der Waals surface area contributed by atoms with Crippen molar-refractivity contribution in [3.05, 3.63) is 52.4 Å². The van der Waals surface area contributed by atoms with Gasteiger partial charge in [0.1, 0.15) is 5.00 Å². The third-order valence-electron chi connectivity index (χ3n) is 4.28. The minimum atomic E-state index is -0.344. The molecule has 1 amide bonds. The quantitative estimate of drug-likeness (QED) is 0.715. The third-order valence-corrected chi connectivity index (χ3v) is 5.19. The van der Waals surface area contributed by atoms with Gasteiger partial charge < -0.3 is 10.1 Å². The number of nitrogens with zero attached hydrogens (tertiary/aromatic N) is 1. The fourth-order valence-corrected chi connectivity index (χ4v) is 3.98. The molecule has 0 bridgehead atoms. The molecule has 3 rings (SSSR count). The summed E-state index contributed by atoms with van der Waals surface area (Å²) in [6.45, 7) is 3.06. The summed E-state index contributed by atoms with van der Waals surface area (Å²) in [5.41, 5.74) is 2.71. The van der Waals surface area contributed by atoms with Gasteiger partial charge in [-0.15, -0.1) is 11.3 Å². The Balaban J connectivity index is 1.64. The highest BCUT2D eigenvalue weighted by molar-refractivity contribution is 7.15. The van der Waals surface area contributed by atoms with E-state index in [0.717, 1.165) is 24.0 Å². The van der Waals surface area contributed by atoms with Gasteiger partial charge >= 0.3 is 5.97 Å². The second-order valence-corrected chi connectivity index (χ2v) is 7.48. The number of likely N-dealkylation sites (N-methyl/N-ethyl adjacent to an activating group) is 1. The van der Waals surface area contributed by atoms with Gasteiger partial charge in [0, 0.05) is 6.54 Å². The first-order valence-corrected chi connectivity index (χ1v) is 9.77. The first kappa shape index (κ1) is 18.6. The van der Waals surface area contributed by atoms with Crippen molar-refractivity contribution in [3.8, 4) is 0 Å². The van der Waals surface area contributed by atoms with E-state index in [1.54, 1.807) is 6.92 Å². The summed E-state index contributed by atoms with van der Waals surface area (Å²) in [6, 6.07) is 10.0. The van der Waals surface area contributed by atoms with E-state index in [-0.39, 0.29) is 18.4 Å². The van der Waals surface area contributed by atoms with Crippen molar-refractivity contribution in [1.82, 2.24) is 4.90 Å². The van der Waals surface area contributed by atoms with Gasteiger partial charge in [0.15, 0.2) is 0 Å². The van der Waals surface area contributed by atoms with Gasteiger partial charge in [0.2, 0.25) is 5.91 Å². The fraction of sp³-hybridized carbons (Fsp3) is 0.400. The third kappa shape index (κ3) is 4.71. The van der Waals surface area contributed by atoms with E-state index < -0.39 is 0 Å². The highest BCUT2D eigenvalue weighted by Gasteiger charge is 2.32. The molecule has 0 unspecified atom stereocenters. The Hall–Kier alpha value is -2.18. The van der Waals surface area contributed by atoms with Crippen LogP contribution in [0.1, 0.15) is 47.2 Å². The molecule has 1 aliphatic carbocycles. The molecule has 1 aromatic carbocycles. The minimum Gasteiger partial charge on any atom is -0.462 e. The lowest BCUT2D eigenvalue weighted by Crippen LogP contribution is -2.30. The average molecular weight is 372 g/mol. The van der Waals surface area contributed by atoms with E-state index in [9.17, 15) is 9.59 Å². The number of thiophene rings is 1. The molecule has 1 heterocycles. The lowest BCUT2D eigenvalue weighted by Gasteiger charge is -2.16. The molecule has 138 valence electrons. The molecule has 0 radical (unpaired) electrons. The molecular weight excluding hydrogens is 348 g/mol. The average Bonchev–Trinajstić information content (AvgIpc) is 3.36. The summed E-state index contributed by atoms with van der Waals surface area (Å²) < 4.78 is 5.19. The van der Waals surface area contributed by atoms with Crippen LogP contribution in [-0.4, -0.2) is 37.0 Å². The molecule has 0 spiro atoms. The van der Waals surface area contributed by atoms with Crippen LogP contribution in [0, 0.1) is 0 Å². The lowest BCUT2D eigenvalue weighted by atomic mass is 10.1. The number of hydrogen-bond acceptors (Lipinski definition) is 5. The van der Waals surface area contributed by atoms with E-state index in [1.807, 2.05) is 47.7 Å². The molecular formula is C20H24N2O3S. The molecule has 26 heavy (non-hydrogen) atoms. The van der Waals surface area contributed by atoms with Crippen molar-refractivity contribution in [1.29, 1.82) is 0 Å². The Bertz CT molecular complexity index is 769. The van der Waals surface area contributed by atoms with Crippen LogP contribution >= 0.6 is 11.3 Å². The molecule has 0 aliphatic heterocycles. The molecule has 1 aliphatic rings. The molecule has 1 N–H and O–H groups in total. The number of rotatable bonds is 8. The molecule has 1 aromatic heterocycles. The highest BCUT2D eigenvalue weighted by atomic mass is 32.1. The number of esters is 1. The largest absolute Gasteiger partial charge is 0.462 e. The topological polar surface area (TPSA) is 58.6 Å². The first-order valence-electron chi connectivity index (χ1n) is 8.89. The van der Waals surface area contributed by atoms with Gasteiger partial charge in [-0.05, 0) is 49.2 Å². The van der Waals surface area contributed by atoms with Crippen molar-refractivity contribution in [3.63, 3.8) is 0 Å². The maximum atomic E-state index is 12.4. The van der Waals surface area contributed by atoms with Crippen molar-refractivity contribution >= 4 is 28.2 Å². The second kappa shape index (κ2) is 8.47. The zero-order valence-corrected chi connectivity index (χ0v) is 16.0. The van der Waals surface area contributed by atoms with Crippen LogP contribution in [0.15, 0.2) is 35.7 Å². The van der Waals surface area contributed by atoms with Crippen molar-refractivity contribution in [2.45, 2.75) is 32.2 Å². The van der Waals surface area contributed by atoms with Crippen molar-refractivity contribution < 1.29 is 14.3 Å². The molecule has 0 atom stereocenters. The van der Waals surface area contributed by atoms with E-state index in [1.165, 1.54) is 11.3 Å². The standard InChI is InChI=1S/C20H24N2O3S/c1-3-25-20(24)18-16(15-9-10-15)13-26-19(18)21-17(23)12-22(2)11-14-7-5-4-6-8-14/h4-8,13,15H,3,9-12H2,1-2H3,(H,21,23). The normalized spacial score (nSPS) is 13.7. The van der Waals surface area contributed by atoms with Crippen LogP contribution < -0.4 is 5.32 Å². The van der Waals surface area contributed by atoms with Gasteiger partial charge in [-0.3, -0.25) is 9.69 Å². The number of carbonyl (C=O) groups excluding carboxylic acids is 2. The maximum Gasteiger partial charge on any atom is 0.341 e. The summed E-state index contributed by atoms with van der Waals surface area (Å²) in [7, 11) is 1.91. The predicted octanol–water partition coefficient (Wildman–Crippen LogP) is 3.87. The summed E-state index contributed by atoms with van der Waals surface area (Å²) in [5, 5.41) is 5.49. The molecule has 1 saturated carbocycles. The maximum absolute atomic E-state index is 12.4. The highest BCUT2D eigenvalue weighted by Crippen LogP contribution is 2.46. The number of anilines is 1. The fourth-order valence-electron chi connectivity index (χ4n) is 2.93. The van der Waals surface area contributed by atoms with Gasteiger partial charge in [-0.1, -0.05) is 30.3 Å². The molecule has 0 saturated heterocycles. The summed E-state index contributed by atoms with van der Waals surface area (Å²) >= 11 is 1.41. The molecule has 5 nitrogen and oxygen atoms in total. The Morgan fingerprint density at radius 1 is 1.27 bits per heavy atom. The van der Waals surface area contributed by atoms with E-state index in [0.29, 0.717) is 29.6 Å². The van der Waals surface area contributed by atoms with Gasteiger partial charge in [0.25, 0.3) is 0 Å². The Morgan fingerprint density at radius 2 is 2.00 bits per heavy atom. The van der Waals surface area contributed by atoms with Gasteiger partial charge in [-0.2, -0.15) is 0 Å². The second-order valence-electron chi connectivity index (χ2n) is 6.60. The smallest absolute Gasteiger partial charge is 0.341 e. The van der Waals surface area contributed by atoms with Crippen molar-refractivity contribution in [2.75, 3.05) is 25.5 Å². The number of carbonyl (C=O) groups is 2. The predicted molar refractivity (Wildman–Crippen MR) is 104 cm³/mol. The Kier molecular flexibility index (Phi) is 6.06. The van der Waals surface area contributed by atoms with Crippen LogP contribution in [-0.2, 0) is 16.1 Å². The van der Waals surface area contributed by atoms with Crippen LogP contribution in [0.3, 0.4) is 0 Å².